The molecular weight excluding hydrogens is 338 g/mol. The monoisotopic (exact) mass is 356 g/mol. The summed E-state index contributed by atoms with van der Waals surface area (Å²) in [6, 6.07) is 9.72. The van der Waals surface area contributed by atoms with Crippen LogP contribution in [0.15, 0.2) is 42.5 Å². The molecule has 0 aliphatic carbocycles. The predicted molar refractivity (Wildman–Crippen MR) is 92.4 cm³/mol. The van der Waals surface area contributed by atoms with Crippen LogP contribution in [0.4, 0.5) is 14.5 Å². The second-order valence-corrected chi connectivity index (χ2v) is 4.91. The zero-order valence-corrected chi connectivity index (χ0v) is 14.0. The Morgan fingerprint density at radius 1 is 1.08 bits per heavy atom. The van der Waals surface area contributed by atoms with Crippen LogP contribution in [0.5, 0.6) is 0 Å². The third kappa shape index (κ3) is 5.88. The Hall–Kier alpha value is -2.02. The number of nitrogens with one attached hydrogen (secondary N) is 2. The molecule has 2 aromatic rings. The van der Waals surface area contributed by atoms with Crippen LogP contribution < -0.4 is 10.6 Å². The zero-order chi connectivity index (χ0) is 16.7. The van der Waals surface area contributed by atoms with E-state index in [0.29, 0.717) is 30.0 Å². The van der Waals surface area contributed by atoms with E-state index in [4.69, 9.17) is 4.74 Å². The number of ether oxygens (including phenoxy) is 1. The number of rotatable bonds is 7. The van der Waals surface area contributed by atoms with E-state index in [1.165, 1.54) is 42.5 Å². The Balaban J connectivity index is 0.00000288. The Morgan fingerprint density at radius 2 is 1.75 bits per heavy atom. The molecule has 0 bridgehead atoms. The minimum absolute atomic E-state index is 0. The first-order valence-corrected chi connectivity index (χ1v) is 7.15. The molecule has 0 heterocycles. The summed E-state index contributed by atoms with van der Waals surface area (Å²) in [6.07, 6.45) is 0. The summed E-state index contributed by atoms with van der Waals surface area (Å²) in [6.45, 7) is 1.17. The first kappa shape index (κ1) is 20.0. The van der Waals surface area contributed by atoms with Crippen molar-refractivity contribution in [3.63, 3.8) is 0 Å². The maximum atomic E-state index is 13.5. The van der Waals surface area contributed by atoms with Crippen molar-refractivity contribution in [2.45, 2.75) is 0 Å². The maximum absolute atomic E-state index is 13.5. The minimum Gasteiger partial charge on any atom is -0.383 e. The number of hydrogen-bond donors (Lipinski definition) is 2. The highest BCUT2D eigenvalue weighted by atomic mass is 35.5. The fraction of sp³-hybridized carbons (Fsp3) is 0.235. The van der Waals surface area contributed by atoms with Gasteiger partial charge in [-0.15, -0.1) is 12.4 Å². The van der Waals surface area contributed by atoms with Gasteiger partial charge in [-0.1, -0.05) is 12.1 Å². The lowest BCUT2D eigenvalue weighted by Gasteiger charge is -2.12. The van der Waals surface area contributed by atoms with Gasteiger partial charge in [0.15, 0.2) is 0 Å². The van der Waals surface area contributed by atoms with Crippen molar-refractivity contribution in [1.29, 1.82) is 0 Å². The highest BCUT2D eigenvalue weighted by Gasteiger charge is 2.10. The number of methoxy groups -OCH3 is 1. The normalized spacial score (nSPS) is 10.1. The van der Waals surface area contributed by atoms with Gasteiger partial charge in [-0.25, -0.2) is 8.78 Å². The standard InChI is InChI=1S/C17H18F2N2O2.ClH/c1-23-9-8-20-11-17(22)21-16-7-6-14(19)10-15(16)12-2-4-13(18)5-3-12;/h2-7,10,20H,8-9,11H2,1H3,(H,21,22);1H. The topological polar surface area (TPSA) is 50.4 Å². The predicted octanol–water partition coefficient (Wildman–Crippen LogP) is 3.23. The first-order chi connectivity index (χ1) is 11.1. The average Bonchev–Trinajstić information content (AvgIpc) is 2.54. The number of anilines is 1. The molecule has 0 saturated carbocycles. The molecule has 0 unspecified atom stereocenters. The molecule has 7 heteroatoms. The molecular formula is C17H19ClF2N2O2. The van der Waals surface area contributed by atoms with Gasteiger partial charge in [-0.2, -0.15) is 0 Å². The summed E-state index contributed by atoms with van der Waals surface area (Å²) >= 11 is 0. The highest BCUT2D eigenvalue weighted by molar-refractivity contribution is 5.96. The molecule has 0 spiro atoms. The second kappa shape index (κ2) is 9.97. The SMILES string of the molecule is COCCNCC(=O)Nc1ccc(F)cc1-c1ccc(F)cc1.Cl. The molecule has 2 aromatic carbocycles. The van der Waals surface area contributed by atoms with E-state index in [2.05, 4.69) is 10.6 Å². The molecule has 0 radical (unpaired) electrons. The third-order valence-electron chi connectivity index (χ3n) is 3.18. The number of hydrogen-bond acceptors (Lipinski definition) is 3. The van der Waals surface area contributed by atoms with Crippen LogP contribution in [0, 0.1) is 11.6 Å². The second-order valence-electron chi connectivity index (χ2n) is 4.91. The van der Waals surface area contributed by atoms with Crippen LogP contribution in [0.2, 0.25) is 0 Å². The van der Waals surface area contributed by atoms with Crippen LogP contribution in [-0.2, 0) is 9.53 Å². The molecule has 0 saturated heterocycles. The highest BCUT2D eigenvalue weighted by Crippen LogP contribution is 2.29. The first-order valence-electron chi connectivity index (χ1n) is 7.15. The van der Waals surface area contributed by atoms with Crippen molar-refractivity contribution < 1.29 is 18.3 Å². The van der Waals surface area contributed by atoms with Gasteiger partial charge in [0.1, 0.15) is 11.6 Å². The van der Waals surface area contributed by atoms with Crippen molar-refractivity contribution in [2.75, 3.05) is 32.1 Å². The average molecular weight is 357 g/mol. The minimum atomic E-state index is -0.430. The number of amides is 1. The van der Waals surface area contributed by atoms with Crippen LogP contribution >= 0.6 is 12.4 Å². The zero-order valence-electron chi connectivity index (χ0n) is 13.1. The molecule has 2 rings (SSSR count). The van der Waals surface area contributed by atoms with E-state index in [-0.39, 0.29) is 30.7 Å². The summed E-state index contributed by atoms with van der Waals surface area (Å²) in [7, 11) is 1.58. The number of benzene rings is 2. The van der Waals surface area contributed by atoms with Gasteiger partial charge < -0.3 is 15.4 Å². The summed E-state index contributed by atoms with van der Waals surface area (Å²) in [5.41, 5.74) is 1.58. The fourth-order valence-electron chi connectivity index (χ4n) is 2.06. The van der Waals surface area contributed by atoms with Crippen molar-refractivity contribution in [2.24, 2.45) is 0 Å². The van der Waals surface area contributed by atoms with E-state index in [0.717, 1.165) is 0 Å². The Morgan fingerprint density at radius 3 is 2.42 bits per heavy atom. The number of carbonyl (C=O) groups excluding carboxylic acids is 1. The lowest BCUT2D eigenvalue weighted by molar-refractivity contribution is -0.115. The molecule has 0 aliphatic rings. The van der Waals surface area contributed by atoms with Gasteiger partial charge in [-0.3, -0.25) is 4.79 Å². The van der Waals surface area contributed by atoms with E-state index < -0.39 is 5.82 Å². The fourth-order valence-corrected chi connectivity index (χ4v) is 2.06. The van der Waals surface area contributed by atoms with Crippen molar-refractivity contribution in [3.05, 3.63) is 54.1 Å². The van der Waals surface area contributed by atoms with E-state index in [1.54, 1.807) is 7.11 Å². The molecule has 0 atom stereocenters. The molecule has 2 N–H and O–H groups in total. The van der Waals surface area contributed by atoms with E-state index >= 15 is 0 Å². The summed E-state index contributed by atoms with van der Waals surface area (Å²) in [4.78, 5) is 11.9. The number of halogens is 3. The van der Waals surface area contributed by atoms with Crippen molar-refractivity contribution >= 4 is 24.0 Å². The summed E-state index contributed by atoms with van der Waals surface area (Å²) < 4.78 is 31.4. The summed E-state index contributed by atoms with van der Waals surface area (Å²) in [5.74, 6) is -1.06. The summed E-state index contributed by atoms with van der Waals surface area (Å²) in [5, 5.41) is 5.65. The number of carbonyl (C=O) groups is 1. The van der Waals surface area contributed by atoms with Crippen molar-refractivity contribution in [3.8, 4) is 11.1 Å². The molecule has 130 valence electrons. The van der Waals surface area contributed by atoms with E-state index in [1.807, 2.05) is 0 Å². The lowest BCUT2D eigenvalue weighted by atomic mass is 10.0. The molecule has 1 amide bonds. The Labute approximate surface area is 145 Å². The van der Waals surface area contributed by atoms with Crippen LogP contribution in [-0.4, -0.2) is 32.7 Å². The van der Waals surface area contributed by atoms with Gasteiger partial charge >= 0.3 is 0 Å². The largest absolute Gasteiger partial charge is 0.383 e. The van der Waals surface area contributed by atoms with Crippen LogP contribution in [0.25, 0.3) is 11.1 Å². The molecule has 24 heavy (non-hydrogen) atoms. The van der Waals surface area contributed by atoms with Gasteiger partial charge in [0, 0.05) is 24.9 Å². The van der Waals surface area contributed by atoms with Crippen LogP contribution in [0.3, 0.4) is 0 Å². The van der Waals surface area contributed by atoms with Crippen molar-refractivity contribution in [1.82, 2.24) is 5.32 Å². The van der Waals surface area contributed by atoms with Gasteiger partial charge in [0.25, 0.3) is 0 Å². The molecule has 4 nitrogen and oxygen atoms in total. The maximum Gasteiger partial charge on any atom is 0.238 e. The smallest absolute Gasteiger partial charge is 0.238 e. The lowest BCUT2D eigenvalue weighted by Crippen LogP contribution is -2.30. The van der Waals surface area contributed by atoms with Gasteiger partial charge in [-0.05, 0) is 35.9 Å². The van der Waals surface area contributed by atoms with Gasteiger partial charge in [0.2, 0.25) is 5.91 Å². The quantitative estimate of drug-likeness (QED) is 0.749. The van der Waals surface area contributed by atoms with E-state index in [9.17, 15) is 13.6 Å². The molecule has 0 aromatic heterocycles. The Kier molecular flexibility index (Phi) is 8.32. The molecule has 0 fully saturated rings. The Bertz CT molecular complexity index is 666. The molecule has 0 aliphatic heterocycles. The van der Waals surface area contributed by atoms with Crippen LogP contribution in [0.1, 0.15) is 0 Å². The third-order valence-corrected chi connectivity index (χ3v) is 3.18. The van der Waals surface area contributed by atoms with Gasteiger partial charge in [0.05, 0.1) is 13.2 Å².